The lowest BCUT2D eigenvalue weighted by Gasteiger charge is -2.21. The van der Waals surface area contributed by atoms with Crippen molar-refractivity contribution in [3.8, 4) is 0 Å². The molecule has 2 aromatic heterocycles. The molecule has 0 bridgehead atoms. The Hall–Kier alpha value is -4.20. The van der Waals surface area contributed by atoms with Crippen LogP contribution in [0.4, 0.5) is 11.4 Å². The molecule has 0 aliphatic rings. The zero-order valence-corrected chi connectivity index (χ0v) is 24.5. The lowest BCUT2D eigenvalue weighted by atomic mass is 10.2. The minimum absolute atomic E-state index is 0.118. The molecule has 242 valence electrons. The van der Waals surface area contributed by atoms with Gasteiger partial charge >= 0.3 is 11.9 Å². The molecule has 2 heterocycles. The topological polar surface area (TPSA) is 230 Å². The lowest BCUT2D eigenvalue weighted by molar-refractivity contribution is -0.385. The predicted molar refractivity (Wildman–Crippen MR) is 151 cm³/mol. The fourth-order valence-corrected chi connectivity index (χ4v) is 3.92. The first-order valence-electron chi connectivity index (χ1n) is 13.4. The molecule has 0 saturated heterocycles. The Morgan fingerprint density at radius 3 is 1.41 bits per heavy atom. The summed E-state index contributed by atoms with van der Waals surface area (Å²) in [6.45, 7) is 2.04. The first kappa shape index (κ1) is 36.0. The number of esters is 2. The smallest absolute Gasteiger partial charge is 0.356 e. The van der Waals surface area contributed by atoms with E-state index in [1.165, 1.54) is 12.1 Å². The number of nitrogens with zero attached hydrogens (tertiary/aromatic N) is 6. The Bertz CT molecular complexity index is 1170. The van der Waals surface area contributed by atoms with Crippen molar-refractivity contribution in [2.24, 2.45) is 0 Å². The number of pyridine rings is 2. The predicted octanol–water partition coefficient (Wildman–Crippen LogP) is 0.188. The van der Waals surface area contributed by atoms with Crippen LogP contribution in [0.3, 0.4) is 0 Å². The van der Waals surface area contributed by atoms with E-state index in [0.717, 1.165) is 26.4 Å². The van der Waals surface area contributed by atoms with Crippen molar-refractivity contribution < 1.29 is 48.6 Å². The summed E-state index contributed by atoms with van der Waals surface area (Å²) in [7, 11) is 2.29. The van der Waals surface area contributed by atoms with Crippen LogP contribution >= 0.6 is 0 Å². The molecule has 0 aromatic carbocycles. The number of nitro groups is 2. The van der Waals surface area contributed by atoms with E-state index in [9.17, 15) is 40.0 Å². The molecule has 2 aromatic rings. The Labute approximate surface area is 252 Å². The first-order valence-corrected chi connectivity index (χ1v) is 13.4. The Morgan fingerprint density at radius 1 is 0.705 bits per heavy atom. The number of carbonyl (C=O) groups is 2. The lowest BCUT2D eigenvalue weighted by Crippen LogP contribution is -2.31. The SMILES string of the molecule is COC(=O)c1cc([N+](=O)[O-])cc(CN(CCO)CCOCCOCCN(CCO)Cc2cc([N+](=O)[O-])cc(C(=O)OC)n2)n1. The molecule has 2 N–H and O–H groups in total. The molecule has 0 fully saturated rings. The molecule has 0 atom stereocenters. The number of ether oxygens (including phenoxy) is 4. The van der Waals surface area contributed by atoms with E-state index >= 15 is 0 Å². The van der Waals surface area contributed by atoms with Gasteiger partial charge in [-0.05, 0) is 0 Å². The summed E-state index contributed by atoms with van der Waals surface area (Å²) < 4.78 is 20.4. The third-order valence-corrected chi connectivity index (χ3v) is 6.02. The number of aromatic nitrogens is 2. The fourth-order valence-electron chi connectivity index (χ4n) is 3.92. The highest BCUT2D eigenvalue weighted by molar-refractivity contribution is 5.88. The molecule has 44 heavy (non-hydrogen) atoms. The average molecular weight is 625 g/mol. The molecule has 0 unspecified atom stereocenters. The molecular formula is C26H36N6O12. The van der Waals surface area contributed by atoms with Gasteiger partial charge in [-0.1, -0.05) is 0 Å². The second-order valence-electron chi connectivity index (χ2n) is 9.13. The highest BCUT2D eigenvalue weighted by atomic mass is 16.6. The summed E-state index contributed by atoms with van der Waals surface area (Å²) >= 11 is 0. The van der Waals surface area contributed by atoms with Crippen molar-refractivity contribution >= 4 is 23.3 Å². The second kappa shape index (κ2) is 19.2. The normalized spacial score (nSPS) is 11.1. The number of carbonyl (C=O) groups excluding carboxylic acids is 2. The van der Waals surface area contributed by atoms with Gasteiger partial charge in [0.25, 0.3) is 11.4 Å². The van der Waals surface area contributed by atoms with Gasteiger partial charge in [0, 0.05) is 63.5 Å². The van der Waals surface area contributed by atoms with E-state index in [2.05, 4.69) is 19.4 Å². The van der Waals surface area contributed by atoms with E-state index in [1.54, 1.807) is 9.80 Å². The van der Waals surface area contributed by atoms with Crippen LogP contribution in [0.15, 0.2) is 24.3 Å². The van der Waals surface area contributed by atoms with Gasteiger partial charge in [-0.2, -0.15) is 0 Å². The zero-order valence-electron chi connectivity index (χ0n) is 24.5. The van der Waals surface area contributed by atoms with Gasteiger partial charge < -0.3 is 29.2 Å². The van der Waals surface area contributed by atoms with Crippen LogP contribution in [0.1, 0.15) is 32.4 Å². The maximum absolute atomic E-state index is 11.9. The molecule has 0 radical (unpaired) electrons. The minimum Gasteiger partial charge on any atom is -0.464 e. The van der Waals surface area contributed by atoms with Crippen LogP contribution in [0.2, 0.25) is 0 Å². The van der Waals surface area contributed by atoms with Crippen LogP contribution < -0.4 is 0 Å². The largest absolute Gasteiger partial charge is 0.464 e. The summed E-state index contributed by atoms with van der Waals surface area (Å²) in [5, 5.41) is 41.4. The van der Waals surface area contributed by atoms with Crippen molar-refractivity contribution in [3.63, 3.8) is 0 Å². The Kier molecular flexibility index (Phi) is 15.7. The maximum atomic E-state index is 11.9. The highest BCUT2D eigenvalue weighted by Crippen LogP contribution is 2.18. The number of hydrogen-bond acceptors (Lipinski definition) is 16. The minimum atomic E-state index is -0.806. The molecule has 0 saturated carbocycles. The van der Waals surface area contributed by atoms with Gasteiger partial charge in [0.05, 0.1) is 75.1 Å². The van der Waals surface area contributed by atoms with Gasteiger partial charge in [-0.25, -0.2) is 19.6 Å². The van der Waals surface area contributed by atoms with E-state index in [0.29, 0.717) is 13.1 Å². The third kappa shape index (κ3) is 12.2. The van der Waals surface area contributed by atoms with Crippen LogP contribution in [0.5, 0.6) is 0 Å². The second-order valence-corrected chi connectivity index (χ2v) is 9.13. The molecule has 0 amide bonds. The van der Waals surface area contributed by atoms with Gasteiger partial charge in [0.15, 0.2) is 11.4 Å². The Balaban J connectivity index is 1.82. The number of methoxy groups -OCH3 is 2. The summed E-state index contributed by atoms with van der Waals surface area (Å²) in [5.74, 6) is -1.61. The highest BCUT2D eigenvalue weighted by Gasteiger charge is 2.19. The van der Waals surface area contributed by atoms with E-state index in [4.69, 9.17) is 9.47 Å². The molecule has 0 aliphatic heterocycles. The molecule has 0 spiro atoms. The fraction of sp³-hybridized carbons (Fsp3) is 0.538. The molecule has 0 aliphatic carbocycles. The van der Waals surface area contributed by atoms with Crippen molar-refractivity contribution in [1.29, 1.82) is 0 Å². The summed E-state index contributed by atoms with van der Waals surface area (Å²) in [4.78, 5) is 56.8. The van der Waals surface area contributed by atoms with Gasteiger partial charge in [-0.15, -0.1) is 0 Å². The number of hydrogen-bond donors (Lipinski definition) is 2. The van der Waals surface area contributed by atoms with E-state index < -0.39 is 21.8 Å². The van der Waals surface area contributed by atoms with Crippen LogP contribution in [-0.4, -0.2) is 132 Å². The van der Waals surface area contributed by atoms with E-state index in [1.807, 2.05) is 0 Å². The van der Waals surface area contributed by atoms with Crippen molar-refractivity contribution in [3.05, 3.63) is 67.3 Å². The zero-order chi connectivity index (χ0) is 32.5. The number of aliphatic hydroxyl groups excluding tert-OH is 2. The first-order chi connectivity index (χ1) is 21.1. The van der Waals surface area contributed by atoms with E-state index in [-0.39, 0.29) is 100.0 Å². The summed E-state index contributed by atoms with van der Waals surface area (Å²) in [5.41, 5.74) is -0.496. The average Bonchev–Trinajstić information content (AvgIpc) is 3.01. The van der Waals surface area contributed by atoms with Gasteiger partial charge in [0.2, 0.25) is 0 Å². The Morgan fingerprint density at radius 2 is 1.09 bits per heavy atom. The summed E-state index contributed by atoms with van der Waals surface area (Å²) in [6, 6.07) is 4.56. The van der Waals surface area contributed by atoms with Gasteiger partial charge in [-0.3, -0.25) is 30.0 Å². The van der Waals surface area contributed by atoms with Crippen LogP contribution in [-0.2, 0) is 32.0 Å². The van der Waals surface area contributed by atoms with Gasteiger partial charge in [0.1, 0.15) is 0 Å². The van der Waals surface area contributed by atoms with Crippen LogP contribution in [0.25, 0.3) is 0 Å². The van der Waals surface area contributed by atoms with Crippen LogP contribution in [0, 0.1) is 20.2 Å². The quantitative estimate of drug-likeness (QED) is 0.0817. The monoisotopic (exact) mass is 624 g/mol. The van der Waals surface area contributed by atoms with Crippen molar-refractivity contribution in [2.45, 2.75) is 13.1 Å². The molecule has 2 rings (SSSR count). The molecule has 18 heteroatoms. The molecular weight excluding hydrogens is 588 g/mol. The number of aliphatic hydroxyl groups is 2. The number of rotatable bonds is 21. The van der Waals surface area contributed by atoms with Crippen molar-refractivity contribution in [1.82, 2.24) is 19.8 Å². The summed E-state index contributed by atoms with van der Waals surface area (Å²) in [6.07, 6.45) is 0. The molecule has 18 nitrogen and oxygen atoms in total. The maximum Gasteiger partial charge on any atom is 0.356 e. The standard InChI is InChI=1S/C26H36N6O12/c1-41-25(35)23-15-21(31(37)38)13-19(27-23)17-29(3-7-33)5-9-43-11-12-44-10-6-30(4-8-34)18-20-14-22(32(39)40)16-24(28-20)26(36)42-2/h13-16,33-34H,3-12,17-18H2,1-2H3. The van der Waals surface area contributed by atoms with Crippen molar-refractivity contribution in [2.75, 3.05) is 80.0 Å². The third-order valence-electron chi connectivity index (χ3n) is 6.02.